The Balaban J connectivity index is 2.24. The summed E-state index contributed by atoms with van der Waals surface area (Å²) >= 11 is 6.76. The van der Waals surface area contributed by atoms with Crippen molar-refractivity contribution in [3.05, 3.63) is 32.7 Å². The van der Waals surface area contributed by atoms with Crippen molar-refractivity contribution in [2.45, 2.75) is 18.9 Å². The first kappa shape index (κ1) is 13.1. The molecule has 2 rings (SSSR count). The summed E-state index contributed by atoms with van der Waals surface area (Å²) in [4.78, 5) is 14.1. The molecule has 1 amide bonds. The zero-order valence-electron chi connectivity index (χ0n) is 9.20. The Morgan fingerprint density at radius 1 is 1.47 bits per heavy atom. The van der Waals surface area contributed by atoms with Gasteiger partial charge in [0.15, 0.2) is 0 Å². The van der Waals surface area contributed by atoms with Crippen molar-refractivity contribution in [1.82, 2.24) is 4.90 Å². The van der Waals surface area contributed by atoms with Crippen LogP contribution >= 0.6 is 31.9 Å². The standard InChI is InChI=1S/C12H13Br2NO2/c13-8-3-4-10(11(14)6-8)12(17)15-5-1-2-9(15)7-16/h3-4,6,9,16H,1-2,5,7H2/t9-/m0/s1. The SMILES string of the molecule is O=C(c1ccc(Br)cc1Br)N1CCC[C@H]1CO. The molecule has 1 aliphatic rings. The lowest BCUT2D eigenvalue weighted by Gasteiger charge is -2.23. The van der Waals surface area contributed by atoms with Gasteiger partial charge in [0.25, 0.3) is 5.91 Å². The fourth-order valence-corrected chi connectivity index (χ4v) is 3.33. The van der Waals surface area contributed by atoms with E-state index in [4.69, 9.17) is 0 Å². The van der Waals surface area contributed by atoms with Crippen molar-refractivity contribution in [2.24, 2.45) is 0 Å². The van der Waals surface area contributed by atoms with Gasteiger partial charge in [-0.1, -0.05) is 15.9 Å². The Morgan fingerprint density at radius 2 is 2.24 bits per heavy atom. The van der Waals surface area contributed by atoms with Gasteiger partial charge in [0.2, 0.25) is 0 Å². The maximum absolute atomic E-state index is 12.3. The highest BCUT2D eigenvalue weighted by Gasteiger charge is 2.29. The highest BCUT2D eigenvalue weighted by Crippen LogP contribution is 2.26. The van der Waals surface area contributed by atoms with Crippen molar-refractivity contribution in [2.75, 3.05) is 13.2 Å². The van der Waals surface area contributed by atoms with E-state index in [0.717, 1.165) is 28.3 Å². The Labute approximate surface area is 117 Å². The van der Waals surface area contributed by atoms with Crippen LogP contribution in [-0.2, 0) is 0 Å². The van der Waals surface area contributed by atoms with E-state index in [9.17, 15) is 9.90 Å². The minimum Gasteiger partial charge on any atom is -0.394 e. The molecule has 0 spiro atoms. The van der Waals surface area contributed by atoms with Crippen molar-refractivity contribution < 1.29 is 9.90 Å². The highest BCUT2D eigenvalue weighted by molar-refractivity contribution is 9.11. The third kappa shape index (κ3) is 2.72. The highest BCUT2D eigenvalue weighted by atomic mass is 79.9. The lowest BCUT2D eigenvalue weighted by atomic mass is 10.2. The molecule has 0 bridgehead atoms. The Hall–Kier alpha value is -0.390. The smallest absolute Gasteiger partial charge is 0.255 e. The van der Waals surface area contributed by atoms with Crippen LogP contribution in [-0.4, -0.2) is 35.1 Å². The van der Waals surface area contributed by atoms with Gasteiger partial charge in [-0.2, -0.15) is 0 Å². The van der Waals surface area contributed by atoms with E-state index in [1.54, 1.807) is 11.0 Å². The zero-order valence-corrected chi connectivity index (χ0v) is 12.4. The molecule has 1 N–H and O–H groups in total. The Kier molecular flexibility index (Phi) is 4.22. The third-order valence-corrected chi connectivity index (χ3v) is 4.16. The molecule has 3 nitrogen and oxygen atoms in total. The molecular formula is C12H13Br2NO2. The molecule has 1 atom stereocenters. The van der Waals surface area contributed by atoms with E-state index in [0.29, 0.717) is 5.56 Å². The Bertz CT molecular complexity index is 437. The topological polar surface area (TPSA) is 40.5 Å². The summed E-state index contributed by atoms with van der Waals surface area (Å²) in [6.45, 7) is 0.770. The number of nitrogens with zero attached hydrogens (tertiary/aromatic N) is 1. The molecule has 17 heavy (non-hydrogen) atoms. The second-order valence-electron chi connectivity index (χ2n) is 4.10. The monoisotopic (exact) mass is 361 g/mol. The maximum Gasteiger partial charge on any atom is 0.255 e. The van der Waals surface area contributed by atoms with Crippen LogP contribution in [0.4, 0.5) is 0 Å². The summed E-state index contributed by atoms with van der Waals surface area (Å²) in [6.07, 6.45) is 1.85. The summed E-state index contributed by atoms with van der Waals surface area (Å²) in [5.74, 6) is -0.0130. The van der Waals surface area contributed by atoms with Crippen LogP contribution in [0.15, 0.2) is 27.1 Å². The van der Waals surface area contributed by atoms with E-state index < -0.39 is 0 Å². The number of likely N-dealkylation sites (tertiary alicyclic amines) is 1. The molecular weight excluding hydrogens is 350 g/mol. The first-order valence-corrected chi connectivity index (χ1v) is 7.09. The van der Waals surface area contributed by atoms with Crippen molar-refractivity contribution >= 4 is 37.8 Å². The predicted octanol–water partition coefficient (Wildman–Crippen LogP) is 2.81. The number of carbonyl (C=O) groups is 1. The zero-order chi connectivity index (χ0) is 12.4. The van der Waals surface area contributed by atoms with E-state index in [2.05, 4.69) is 31.9 Å². The molecule has 1 aromatic carbocycles. The van der Waals surface area contributed by atoms with Crippen LogP contribution < -0.4 is 0 Å². The summed E-state index contributed by atoms with van der Waals surface area (Å²) in [6, 6.07) is 5.47. The van der Waals surface area contributed by atoms with Gasteiger partial charge in [0.05, 0.1) is 18.2 Å². The van der Waals surface area contributed by atoms with Gasteiger partial charge in [0.1, 0.15) is 0 Å². The lowest BCUT2D eigenvalue weighted by molar-refractivity contribution is 0.0676. The molecule has 92 valence electrons. The number of aliphatic hydroxyl groups excluding tert-OH is 1. The van der Waals surface area contributed by atoms with Crippen LogP contribution in [0, 0.1) is 0 Å². The minimum atomic E-state index is -0.0296. The third-order valence-electron chi connectivity index (χ3n) is 3.01. The molecule has 0 unspecified atom stereocenters. The molecule has 1 aliphatic heterocycles. The summed E-state index contributed by atoms with van der Waals surface area (Å²) < 4.78 is 1.71. The molecule has 1 fully saturated rings. The molecule has 0 saturated carbocycles. The second-order valence-corrected chi connectivity index (χ2v) is 5.87. The van der Waals surface area contributed by atoms with Gasteiger partial charge in [-0.15, -0.1) is 0 Å². The van der Waals surface area contributed by atoms with Crippen LogP contribution in [0.25, 0.3) is 0 Å². The molecule has 1 saturated heterocycles. The number of halogens is 2. The second kappa shape index (κ2) is 5.50. The van der Waals surface area contributed by atoms with E-state index in [1.165, 1.54) is 0 Å². The predicted molar refractivity (Wildman–Crippen MR) is 73.0 cm³/mol. The molecule has 0 aliphatic carbocycles. The first-order valence-electron chi connectivity index (χ1n) is 5.50. The van der Waals surface area contributed by atoms with Crippen molar-refractivity contribution in [3.8, 4) is 0 Å². The molecule has 1 aromatic rings. The van der Waals surface area contributed by atoms with E-state index in [-0.39, 0.29) is 18.6 Å². The number of rotatable bonds is 2. The first-order chi connectivity index (χ1) is 8.13. The average molecular weight is 363 g/mol. The summed E-state index contributed by atoms with van der Waals surface area (Å²) in [7, 11) is 0. The molecule has 1 heterocycles. The van der Waals surface area contributed by atoms with Crippen LogP contribution in [0.2, 0.25) is 0 Å². The number of carbonyl (C=O) groups excluding carboxylic acids is 1. The van der Waals surface area contributed by atoms with Gasteiger partial charge in [-0.3, -0.25) is 4.79 Å². The van der Waals surface area contributed by atoms with Crippen molar-refractivity contribution in [3.63, 3.8) is 0 Å². The fourth-order valence-electron chi connectivity index (χ4n) is 2.11. The average Bonchev–Trinajstić information content (AvgIpc) is 2.76. The number of amides is 1. The minimum absolute atomic E-state index is 0.0130. The van der Waals surface area contributed by atoms with Gasteiger partial charge >= 0.3 is 0 Å². The quantitative estimate of drug-likeness (QED) is 0.878. The van der Waals surface area contributed by atoms with Gasteiger partial charge < -0.3 is 10.0 Å². The van der Waals surface area contributed by atoms with Gasteiger partial charge in [-0.25, -0.2) is 0 Å². The summed E-state index contributed by atoms with van der Waals surface area (Å²) in [5, 5.41) is 9.23. The van der Waals surface area contributed by atoms with Crippen LogP contribution in [0.3, 0.4) is 0 Å². The van der Waals surface area contributed by atoms with Crippen LogP contribution in [0.5, 0.6) is 0 Å². The lowest BCUT2D eigenvalue weighted by Crippen LogP contribution is -2.37. The maximum atomic E-state index is 12.3. The number of benzene rings is 1. The molecule has 0 radical (unpaired) electrons. The van der Waals surface area contributed by atoms with E-state index >= 15 is 0 Å². The fraction of sp³-hybridized carbons (Fsp3) is 0.417. The number of aliphatic hydroxyl groups is 1. The van der Waals surface area contributed by atoms with E-state index in [1.807, 2.05) is 12.1 Å². The number of hydrogen-bond acceptors (Lipinski definition) is 2. The van der Waals surface area contributed by atoms with Crippen molar-refractivity contribution in [1.29, 1.82) is 0 Å². The number of hydrogen-bond donors (Lipinski definition) is 1. The molecule has 0 aromatic heterocycles. The Morgan fingerprint density at radius 3 is 2.88 bits per heavy atom. The van der Waals surface area contributed by atoms with Gasteiger partial charge in [0, 0.05) is 15.5 Å². The van der Waals surface area contributed by atoms with Crippen LogP contribution in [0.1, 0.15) is 23.2 Å². The molecule has 5 heteroatoms. The van der Waals surface area contributed by atoms with Gasteiger partial charge in [-0.05, 0) is 47.0 Å². The largest absolute Gasteiger partial charge is 0.394 e. The summed E-state index contributed by atoms with van der Waals surface area (Å²) in [5.41, 5.74) is 0.647. The normalized spacial score (nSPS) is 19.7.